The van der Waals surface area contributed by atoms with Crippen molar-refractivity contribution in [3.63, 3.8) is 0 Å². The molecule has 26 heavy (non-hydrogen) atoms. The van der Waals surface area contributed by atoms with E-state index in [2.05, 4.69) is 25.6 Å². The Bertz CT molecular complexity index is 904. The SMILES string of the molecule is COc1ccc(OC)c(Nc2ncnc(Nc3ccc(Cl)cn3)c2N)c1. The third kappa shape index (κ3) is 3.86. The van der Waals surface area contributed by atoms with Crippen molar-refractivity contribution in [2.75, 3.05) is 30.6 Å². The monoisotopic (exact) mass is 372 g/mol. The van der Waals surface area contributed by atoms with Gasteiger partial charge in [-0.2, -0.15) is 0 Å². The van der Waals surface area contributed by atoms with Crippen LogP contribution in [0, 0.1) is 0 Å². The van der Waals surface area contributed by atoms with Crippen molar-refractivity contribution in [1.82, 2.24) is 15.0 Å². The molecule has 4 N–H and O–H groups in total. The van der Waals surface area contributed by atoms with E-state index in [1.165, 1.54) is 12.5 Å². The first-order valence-corrected chi connectivity index (χ1v) is 7.96. The summed E-state index contributed by atoms with van der Waals surface area (Å²) in [6.45, 7) is 0. The van der Waals surface area contributed by atoms with Crippen LogP contribution in [0.25, 0.3) is 0 Å². The predicted octanol–water partition coefficient (Wildman–Crippen LogP) is 3.61. The number of nitrogens with two attached hydrogens (primary N) is 1. The Labute approximate surface area is 155 Å². The van der Waals surface area contributed by atoms with Crippen molar-refractivity contribution in [3.05, 3.63) is 47.9 Å². The van der Waals surface area contributed by atoms with E-state index in [1.807, 2.05) is 0 Å². The lowest BCUT2D eigenvalue weighted by Gasteiger charge is -2.15. The summed E-state index contributed by atoms with van der Waals surface area (Å²) in [4.78, 5) is 12.5. The summed E-state index contributed by atoms with van der Waals surface area (Å²) in [6, 6.07) is 8.81. The number of hydrogen-bond donors (Lipinski definition) is 3. The number of nitrogen functional groups attached to an aromatic ring is 1. The first-order chi connectivity index (χ1) is 12.6. The van der Waals surface area contributed by atoms with Gasteiger partial charge >= 0.3 is 0 Å². The van der Waals surface area contributed by atoms with Crippen LogP contribution in [0.2, 0.25) is 5.02 Å². The Kier molecular flexibility index (Phi) is 5.23. The number of nitrogens with one attached hydrogen (secondary N) is 2. The van der Waals surface area contributed by atoms with Crippen LogP contribution in [0.1, 0.15) is 0 Å². The Morgan fingerprint density at radius 2 is 1.73 bits per heavy atom. The van der Waals surface area contributed by atoms with Gasteiger partial charge in [0.05, 0.1) is 24.9 Å². The highest BCUT2D eigenvalue weighted by atomic mass is 35.5. The predicted molar refractivity (Wildman–Crippen MR) is 102 cm³/mol. The van der Waals surface area contributed by atoms with Crippen LogP contribution in [-0.4, -0.2) is 29.2 Å². The van der Waals surface area contributed by atoms with Crippen LogP contribution in [0.3, 0.4) is 0 Å². The van der Waals surface area contributed by atoms with E-state index in [4.69, 9.17) is 26.8 Å². The van der Waals surface area contributed by atoms with Gasteiger partial charge in [-0.1, -0.05) is 11.6 Å². The molecule has 8 nitrogen and oxygen atoms in total. The number of halogens is 1. The van der Waals surface area contributed by atoms with Crippen LogP contribution in [0.4, 0.5) is 28.8 Å². The average molecular weight is 373 g/mol. The lowest BCUT2D eigenvalue weighted by Crippen LogP contribution is -2.06. The molecule has 0 saturated heterocycles. The van der Waals surface area contributed by atoms with Gasteiger partial charge in [0.2, 0.25) is 0 Å². The molecule has 0 spiro atoms. The van der Waals surface area contributed by atoms with Gasteiger partial charge in [0, 0.05) is 12.3 Å². The third-order valence-electron chi connectivity index (χ3n) is 3.52. The number of nitrogens with zero attached hydrogens (tertiary/aromatic N) is 3. The first-order valence-electron chi connectivity index (χ1n) is 7.59. The second-order valence-electron chi connectivity index (χ2n) is 5.16. The second-order valence-corrected chi connectivity index (χ2v) is 5.60. The van der Waals surface area contributed by atoms with E-state index < -0.39 is 0 Å². The Morgan fingerprint density at radius 3 is 2.38 bits per heavy atom. The molecular formula is C17H17ClN6O2. The summed E-state index contributed by atoms with van der Waals surface area (Å²) in [5.41, 5.74) is 7.18. The van der Waals surface area contributed by atoms with Crippen molar-refractivity contribution < 1.29 is 9.47 Å². The smallest absolute Gasteiger partial charge is 0.160 e. The number of methoxy groups -OCH3 is 2. The lowest BCUT2D eigenvalue weighted by atomic mass is 10.2. The van der Waals surface area contributed by atoms with E-state index in [0.717, 1.165) is 0 Å². The van der Waals surface area contributed by atoms with Gasteiger partial charge in [-0.15, -0.1) is 0 Å². The number of hydrogen-bond acceptors (Lipinski definition) is 8. The summed E-state index contributed by atoms with van der Waals surface area (Å²) >= 11 is 5.84. The maximum absolute atomic E-state index is 6.20. The van der Waals surface area contributed by atoms with Crippen LogP contribution >= 0.6 is 11.6 Å². The van der Waals surface area contributed by atoms with Gasteiger partial charge in [-0.3, -0.25) is 0 Å². The number of pyridine rings is 1. The maximum atomic E-state index is 6.20. The summed E-state index contributed by atoms with van der Waals surface area (Å²) in [6.07, 6.45) is 2.92. The number of rotatable bonds is 6. The number of anilines is 5. The van der Waals surface area contributed by atoms with Crippen molar-refractivity contribution >= 4 is 40.4 Å². The highest BCUT2D eigenvalue weighted by Crippen LogP contribution is 2.34. The zero-order chi connectivity index (χ0) is 18.5. The molecule has 0 atom stereocenters. The molecule has 0 aliphatic heterocycles. The third-order valence-corrected chi connectivity index (χ3v) is 3.74. The standard InChI is InChI=1S/C17H17ClN6O2/c1-25-11-4-5-13(26-2)12(7-11)23-16-15(19)17(22-9-21-16)24-14-6-3-10(18)8-20-14/h3-9H,19H2,1-2H3,(H2,20,21,22,23,24). The molecule has 0 aliphatic carbocycles. The highest BCUT2D eigenvalue weighted by molar-refractivity contribution is 6.30. The average Bonchev–Trinajstić information content (AvgIpc) is 2.66. The highest BCUT2D eigenvalue weighted by Gasteiger charge is 2.12. The van der Waals surface area contributed by atoms with Gasteiger partial charge in [-0.05, 0) is 24.3 Å². The molecule has 0 unspecified atom stereocenters. The molecular weight excluding hydrogens is 356 g/mol. The van der Waals surface area contributed by atoms with Crippen LogP contribution in [0.5, 0.6) is 11.5 Å². The van der Waals surface area contributed by atoms with Crippen LogP contribution in [0.15, 0.2) is 42.9 Å². The first kappa shape index (κ1) is 17.6. The normalized spacial score (nSPS) is 10.3. The van der Waals surface area contributed by atoms with E-state index in [1.54, 1.807) is 44.6 Å². The van der Waals surface area contributed by atoms with E-state index in [0.29, 0.717) is 45.4 Å². The largest absolute Gasteiger partial charge is 0.497 e. The number of aromatic nitrogens is 3. The minimum atomic E-state index is 0.328. The van der Waals surface area contributed by atoms with Gasteiger partial charge in [0.15, 0.2) is 11.6 Å². The summed E-state index contributed by atoms with van der Waals surface area (Å²) < 4.78 is 10.6. The van der Waals surface area contributed by atoms with Crippen LogP contribution in [-0.2, 0) is 0 Å². The van der Waals surface area contributed by atoms with Gasteiger partial charge in [0.1, 0.15) is 29.3 Å². The zero-order valence-electron chi connectivity index (χ0n) is 14.2. The molecule has 9 heteroatoms. The van der Waals surface area contributed by atoms with Crippen molar-refractivity contribution in [2.24, 2.45) is 0 Å². The molecule has 2 aromatic heterocycles. The molecule has 0 bridgehead atoms. The topological polar surface area (TPSA) is 107 Å². The second kappa shape index (κ2) is 7.75. The lowest BCUT2D eigenvalue weighted by molar-refractivity contribution is 0.405. The molecule has 1 aromatic carbocycles. The van der Waals surface area contributed by atoms with E-state index >= 15 is 0 Å². The van der Waals surface area contributed by atoms with Crippen molar-refractivity contribution in [2.45, 2.75) is 0 Å². The Hall–Kier alpha value is -3.26. The van der Waals surface area contributed by atoms with Gasteiger partial charge in [0.25, 0.3) is 0 Å². The van der Waals surface area contributed by atoms with Crippen molar-refractivity contribution in [1.29, 1.82) is 0 Å². The molecule has 0 saturated carbocycles. The Morgan fingerprint density at radius 1 is 0.962 bits per heavy atom. The Balaban J connectivity index is 1.89. The fraction of sp³-hybridized carbons (Fsp3) is 0.118. The maximum Gasteiger partial charge on any atom is 0.160 e. The minimum absolute atomic E-state index is 0.328. The van der Waals surface area contributed by atoms with Crippen molar-refractivity contribution in [3.8, 4) is 11.5 Å². The quantitative estimate of drug-likeness (QED) is 0.602. The fourth-order valence-corrected chi connectivity index (χ4v) is 2.32. The summed E-state index contributed by atoms with van der Waals surface area (Å²) in [7, 11) is 3.17. The fourth-order valence-electron chi connectivity index (χ4n) is 2.21. The molecule has 134 valence electrons. The molecule has 3 rings (SSSR count). The van der Waals surface area contributed by atoms with Gasteiger partial charge < -0.3 is 25.8 Å². The number of benzene rings is 1. The number of ether oxygens (including phenoxy) is 2. The summed E-state index contributed by atoms with van der Waals surface area (Å²) in [5.74, 6) is 2.69. The molecule has 2 heterocycles. The van der Waals surface area contributed by atoms with E-state index in [9.17, 15) is 0 Å². The van der Waals surface area contributed by atoms with Gasteiger partial charge in [-0.25, -0.2) is 15.0 Å². The molecule has 0 aliphatic rings. The van der Waals surface area contributed by atoms with E-state index in [-0.39, 0.29) is 0 Å². The minimum Gasteiger partial charge on any atom is -0.497 e. The molecule has 0 fully saturated rings. The molecule has 0 amide bonds. The van der Waals surface area contributed by atoms with Crippen LogP contribution < -0.4 is 25.8 Å². The molecule has 0 radical (unpaired) electrons. The summed E-state index contributed by atoms with van der Waals surface area (Å²) in [5, 5.41) is 6.71. The molecule has 3 aromatic rings. The zero-order valence-corrected chi connectivity index (χ0v) is 14.9.